The van der Waals surface area contributed by atoms with Crippen LogP contribution >= 0.6 is 0 Å². The number of rotatable bonds is 3. The Balaban J connectivity index is 2.19. The van der Waals surface area contributed by atoms with Crippen molar-refractivity contribution in [3.05, 3.63) is 34.1 Å². The fraction of sp³-hybridized carbons (Fsp3) is 0.571. The van der Waals surface area contributed by atoms with Crippen LogP contribution in [0.25, 0.3) is 0 Å². The first kappa shape index (κ1) is 14.7. The largest absolute Gasteiger partial charge is 0.376 e. The average molecular weight is 281 g/mol. The SMILES string of the molecule is CC1CN(C)C(C)CC1Nc1ccc(F)cc1[N+](=O)[O-]. The molecule has 0 aliphatic carbocycles. The third-order valence-electron chi connectivity index (χ3n) is 4.11. The monoisotopic (exact) mass is 281 g/mol. The summed E-state index contributed by atoms with van der Waals surface area (Å²) < 4.78 is 13.1. The normalized spacial score (nSPS) is 27.3. The molecule has 1 aliphatic rings. The van der Waals surface area contributed by atoms with Crippen LogP contribution in [0.1, 0.15) is 20.3 Å². The molecular weight excluding hydrogens is 261 g/mol. The topological polar surface area (TPSA) is 58.4 Å². The minimum atomic E-state index is -0.591. The Morgan fingerprint density at radius 1 is 1.45 bits per heavy atom. The van der Waals surface area contributed by atoms with Gasteiger partial charge in [0.25, 0.3) is 5.69 Å². The van der Waals surface area contributed by atoms with Crippen molar-refractivity contribution in [3.8, 4) is 0 Å². The molecule has 1 aromatic carbocycles. The maximum Gasteiger partial charge on any atom is 0.295 e. The summed E-state index contributed by atoms with van der Waals surface area (Å²) >= 11 is 0. The van der Waals surface area contributed by atoms with Gasteiger partial charge < -0.3 is 10.2 Å². The maximum atomic E-state index is 13.1. The third-order valence-corrected chi connectivity index (χ3v) is 4.11. The van der Waals surface area contributed by atoms with Crippen LogP contribution in [0.15, 0.2) is 18.2 Å². The van der Waals surface area contributed by atoms with Crippen molar-refractivity contribution >= 4 is 11.4 Å². The molecule has 0 saturated carbocycles. The van der Waals surface area contributed by atoms with E-state index in [1.54, 1.807) is 0 Å². The lowest BCUT2D eigenvalue weighted by molar-refractivity contribution is -0.384. The molecule has 5 nitrogen and oxygen atoms in total. The van der Waals surface area contributed by atoms with E-state index in [2.05, 4.69) is 31.1 Å². The van der Waals surface area contributed by atoms with Gasteiger partial charge in [0.05, 0.1) is 11.0 Å². The van der Waals surface area contributed by atoms with Crippen molar-refractivity contribution < 1.29 is 9.31 Å². The molecule has 0 aromatic heterocycles. The molecule has 1 fully saturated rings. The zero-order valence-corrected chi connectivity index (χ0v) is 12.0. The Morgan fingerprint density at radius 2 is 2.15 bits per heavy atom. The first-order valence-corrected chi connectivity index (χ1v) is 6.79. The second-order valence-corrected chi connectivity index (χ2v) is 5.67. The Bertz CT molecular complexity index is 509. The minimum absolute atomic E-state index is 0.158. The molecule has 0 amide bonds. The molecule has 0 spiro atoms. The second kappa shape index (κ2) is 5.75. The fourth-order valence-corrected chi connectivity index (χ4v) is 2.72. The smallest absolute Gasteiger partial charge is 0.295 e. The van der Waals surface area contributed by atoms with Crippen LogP contribution in [0.5, 0.6) is 0 Å². The number of hydrogen-bond acceptors (Lipinski definition) is 4. The second-order valence-electron chi connectivity index (χ2n) is 5.67. The standard InChI is InChI=1S/C14H20FN3O2/c1-9-8-17(3)10(2)6-13(9)16-12-5-4-11(15)7-14(12)18(19)20/h4-5,7,9-10,13,16H,6,8H2,1-3H3. The molecule has 1 heterocycles. The quantitative estimate of drug-likeness (QED) is 0.683. The van der Waals surface area contributed by atoms with E-state index in [9.17, 15) is 14.5 Å². The maximum absolute atomic E-state index is 13.1. The number of nitrogens with one attached hydrogen (secondary N) is 1. The van der Waals surface area contributed by atoms with Crippen LogP contribution in [0.2, 0.25) is 0 Å². The van der Waals surface area contributed by atoms with Gasteiger partial charge in [-0.25, -0.2) is 4.39 Å². The van der Waals surface area contributed by atoms with E-state index in [4.69, 9.17) is 0 Å². The summed E-state index contributed by atoms with van der Waals surface area (Å²) in [5.74, 6) is -0.215. The summed E-state index contributed by atoms with van der Waals surface area (Å²) in [7, 11) is 2.08. The molecule has 1 N–H and O–H groups in total. The van der Waals surface area contributed by atoms with Gasteiger partial charge in [0.1, 0.15) is 11.5 Å². The summed E-state index contributed by atoms with van der Waals surface area (Å²) in [4.78, 5) is 12.7. The number of nitro groups is 1. The molecule has 2 rings (SSSR count). The highest BCUT2D eigenvalue weighted by molar-refractivity contribution is 5.62. The number of nitro benzene ring substituents is 1. The lowest BCUT2D eigenvalue weighted by Gasteiger charge is -2.40. The Morgan fingerprint density at radius 3 is 2.80 bits per heavy atom. The minimum Gasteiger partial charge on any atom is -0.376 e. The van der Waals surface area contributed by atoms with Crippen LogP contribution in [-0.2, 0) is 0 Å². The number of hydrogen-bond donors (Lipinski definition) is 1. The van der Waals surface area contributed by atoms with Crippen molar-refractivity contribution in [2.75, 3.05) is 18.9 Å². The Labute approximate surface area is 117 Å². The van der Waals surface area contributed by atoms with Gasteiger partial charge in [0, 0.05) is 18.6 Å². The number of piperidine rings is 1. The van der Waals surface area contributed by atoms with Crippen molar-refractivity contribution in [1.29, 1.82) is 0 Å². The van der Waals surface area contributed by atoms with E-state index in [1.165, 1.54) is 12.1 Å². The van der Waals surface area contributed by atoms with E-state index < -0.39 is 10.7 Å². The summed E-state index contributed by atoms with van der Waals surface area (Å²) in [5, 5.41) is 14.2. The highest BCUT2D eigenvalue weighted by Crippen LogP contribution is 2.30. The van der Waals surface area contributed by atoms with Crippen LogP contribution in [0.4, 0.5) is 15.8 Å². The third kappa shape index (κ3) is 3.07. The Hall–Kier alpha value is -1.69. The molecule has 1 saturated heterocycles. The first-order chi connectivity index (χ1) is 9.38. The molecule has 1 aliphatic heterocycles. The van der Waals surface area contributed by atoms with Crippen LogP contribution in [-0.4, -0.2) is 35.5 Å². The number of likely N-dealkylation sites (tertiary alicyclic amines) is 1. The zero-order valence-electron chi connectivity index (χ0n) is 12.0. The van der Waals surface area contributed by atoms with Crippen molar-refractivity contribution in [3.63, 3.8) is 0 Å². The van der Waals surface area contributed by atoms with E-state index >= 15 is 0 Å². The average Bonchev–Trinajstić information content (AvgIpc) is 2.37. The van der Waals surface area contributed by atoms with Crippen molar-refractivity contribution in [2.24, 2.45) is 5.92 Å². The molecule has 3 atom stereocenters. The van der Waals surface area contributed by atoms with Gasteiger partial charge >= 0.3 is 0 Å². The summed E-state index contributed by atoms with van der Waals surface area (Å²) in [6, 6.07) is 4.24. The molecule has 0 bridgehead atoms. The molecular formula is C14H20FN3O2. The molecule has 1 aromatic rings. The number of nitrogens with zero attached hydrogens (tertiary/aromatic N) is 2. The van der Waals surface area contributed by atoms with E-state index in [0.29, 0.717) is 17.6 Å². The highest BCUT2D eigenvalue weighted by Gasteiger charge is 2.30. The zero-order chi connectivity index (χ0) is 14.9. The molecule has 3 unspecified atom stereocenters. The molecule has 20 heavy (non-hydrogen) atoms. The lowest BCUT2D eigenvalue weighted by atomic mass is 9.89. The van der Waals surface area contributed by atoms with Crippen LogP contribution in [0, 0.1) is 21.8 Å². The van der Waals surface area contributed by atoms with Gasteiger partial charge in [-0.2, -0.15) is 0 Å². The van der Waals surface area contributed by atoms with Crippen LogP contribution in [0.3, 0.4) is 0 Å². The van der Waals surface area contributed by atoms with Crippen LogP contribution < -0.4 is 5.32 Å². The predicted octanol–water partition coefficient (Wildman–Crippen LogP) is 2.87. The van der Waals surface area contributed by atoms with Gasteiger partial charge in [0.2, 0.25) is 0 Å². The van der Waals surface area contributed by atoms with Crippen molar-refractivity contribution in [1.82, 2.24) is 4.90 Å². The number of anilines is 1. The van der Waals surface area contributed by atoms with Gasteiger partial charge in [-0.05, 0) is 38.4 Å². The van der Waals surface area contributed by atoms with Gasteiger partial charge in [-0.1, -0.05) is 6.92 Å². The van der Waals surface area contributed by atoms with Crippen molar-refractivity contribution in [2.45, 2.75) is 32.4 Å². The number of benzene rings is 1. The predicted molar refractivity (Wildman–Crippen MR) is 76.3 cm³/mol. The summed E-state index contributed by atoms with van der Waals surface area (Å²) in [5.41, 5.74) is 0.189. The molecule has 110 valence electrons. The Kier molecular flexibility index (Phi) is 4.23. The van der Waals surface area contributed by atoms with E-state index in [-0.39, 0.29) is 11.7 Å². The first-order valence-electron chi connectivity index (χ1n) is 6.79. The van der Waals surface area contributed by atoms with Gasteiger partial charge in [-0.3, -0.25) is 10.1 Å². The van der Waals surface area contributed by atoms with E-state index in [1.807, 2.05) is 0 Å². The number of halogens is 1. The molecule has 0 radical (unpaired) electrons. The van der Waals surface area contributed by atoms with E-state index in [0.717, 1.165) is 19.0 Å². The summed E-state index contributed by atoms with van der Waals surface area (Å²) in [6.45, 7) is 5.20. The highest BCUT2D eigenvalue weighted by atomic mass is 19.1. The molecule has 6 heteroatoms. The van der Waals surface area contributed by atoms with Gasteiger partial charge in [-0.15, -0.1) is 0 Å². The van der Waals surface area contributed by atoms with Gasteiger partial charge in [0.15, 0.2) is 0 Å². The summed E-state index contributed by atoms with van der Waals surface area (Å²) in [6.07, 6.45) is 0.909. The fourth-order valence-electron chi connectivity index (χ4n) is 2.72. The lowest BCUT2D eigenvalue weighted by Crippen LogP contribution is -2.48.